The Labute approximate surface area is 134 Å². The third-order valence-corrected chi connectivity index (χ3v) is 3.12. The van der Waals surface area contributed by atoms with E-state index in [-0.39, 0.29) is 11.8 Å². The molecule has 0 heterocycles. The Morgan fingerprint density at radius 1 is 0.913 bits per heavy atom. The average Bonchev–Trinajstić information content (AvgIpc) is 2.54. The fraction of sp³-hybridized carbons (Fsp3) is 0.176. The lowest BCUT2D eigenvalue weighted by molar-refractivity contribution is -0.114. The highest BCUT2D eigenvalue weighted by atomic mass is 16.5. The van der Waals surface area contributed by atoms with Crippen LogP contribution in [0.1, 0.15) is 17.3 Å². The van der Waals surface area contributed by atoms with Gasteiger partial charge in [0.05, 0.1) is 25.5 Å². The molecule has 0 spiro atoms. The summed E-state index contributed by atoms with van der Waals surface area (Å²) in [5, 5.41) is 5.43. The molecule has 0 aromatic heterocycles. The maximum absolute atomic E-state index is 12.5. The van der Waals surface area contributed by atoms with E-state index in [4.69, 9.17) is 9.47 Å². The Hall–Kier alpha value is -3.02. The van der Waals surface area contributed by atoms with E-state index < -0.39 is 0 Å². The fourth-order valence-corrected chi connectivity index (χ4v) is 2.11. The molecule has 0 saturated heterocycles. The first-order valence-corrected chi connectivity index (χ1v) is 6.95. The number of ether oxygens (including phenoxy) is 2. The van der Waals surface area contributed by atoms with Crippen molar-refractivity contribution in [1.29, 1.82) is 0 Å². The predicted octanol–water partition coefficient (Wildman–Crippen LogP) is 2.91. The molecule has 2 amide bonds. The minimum absolute atomic E-state index is 0.197. The molecule has 0 bridgehead atoms. The van der Waals surface area contributed by atoms with Gasteiger partial charge in [-0.1, -0.05) is 12.1 Å². The SMILES string of the molecule is COc1ccc(NC(C)=O)cc1NC(=O)c1ccccc1OC. The van der Waals surface area contributed by atoms with Gasteiger partial charge in [-0.05, 0) is 30.3 Å². The zero-order valence-electron chi connectivity index (χ0n) is 13.2. The average molecular weight is 314 g/mol. The number of hydrogen-bond donors (Lipinski definition) is 2. The summed E-state index contributed by atoms with van der Waals surface area (Å²) in [6.45, 7) is 1.41. The van der Waals surface area contributed by atoms with Crippen LogP contribution in [-0.4, -0.2) is 26.0 Å². The topological polar surface area (TPSA) is 76.7 Å². The molecule has 23 heavy (non-hydrogen) atoms. The number of carbonyl (C=O) groups is 2. The molecule has 0 radical (unpaired) electrons. The molecule has 2 N–H and O–H groups in total. The predicted molar refractivity (Wildman–Crippen MR) is 88.2 cm³/mol. The van der Waals surface area contributed by atoms with Crippen LogP contribution >= 0.6 is 0 Å². The monoisotopic (exact) mass is 314 g/mol. The first kappa shape index (κ1) is 16.4. The quantitative estimate of drug-likeness (QED) is 0.889. The van der Waals surface area contributed by atoms with Crippen molar-refractivity contribution in [3.05, 3.63) is 48.0 Å². The van der Waals surface area contributed by atoms with Crippen LogP contribution in [0.5, 0.6) is 11.5 Å². The molecule has 6 heteroatoms. The standard InChI is InChI=1S/C17H18N2O4/c1-11(20)18-12-8-9-16(23-3)14(10-12)19-17(21)13-6-4-5-7-15(13)22-2/h4-10H,1-3H3,(H,18,20)(H,19,21). The molecule has 0 saturated carbocycles. The lowest BCUT2D eigenvalue weighted by atomic mass is 10.1. The summed E-state index contributed by atoms with van der Waals surface area (Å²) in [7, 11) is 3.01. The number of rotatable bonds is 5. The highest BCUT2D eigenvalue weighted by Gasteiger charge is 2.14. The number of anilines is 2. The van der Waals surface area contributed by atoms with Crippen LogP contribution in [-0.2, 0) is 4.79 Å². The van der Waals surface area contributed by atoms with Crippen molar-refractivity contribution in [2.24, 2.45) is 0 Å². The molecule has 0 unspecified atom stereocenters. The molecule has 2 aromatic rings. The van der Waals surface area contributed by atoms with Crippen LogP contribution in [0.4, 0.5) is 11.4 Å². The van der Waals surface area contributed by atoms with Gasteiger partial charge in [0.1, 0.15) is 11.5 Å². The molecule has 2 rings (SSSR count). The number of amides is 2. The van der Waals surface area contributed by atoms with Crippen molar-refractivity contribution in [2.75, 3.05) is 24.9 Å². The first-order chi connectivity index (χ1) is 11.0. The third-order valence-electron chi connectivity index (χ3n) is 3.12. The van der Waals surface area contributed by atoms with E-state index in [0.717, 1.165) is 0 Å². The molecule has 0 aliphatic heterocycles. The van der Waals surface area contributed by atoms with Gasteiger partial charge in [0.25, 0.3) is 5.91 Å². The van der Waals surface area contributed by atoms with Crippen LogP contribution < -0.4 is 20.1 Å². The number of para-hydroxylation sites is 1. The van der Waals surface area contributed by atoms with E-state index in [2.05, 4.69) is 10.6 Å². The minimum Gasteiger partial charge on any atom is -0.496 e. The number of nitrogens with one attached hydrogen (secondary N) is 2. The summed E-state index contributed by atoms with van der Waals surface area (Å²) in [5.74, 6) is 0.433. The number of methoxy groups -OCH3 is 2. The molecule has 0 atom stereocenters. The van der Waals surface area contributed by atoms with Crippen molar-refractivity contribution in [3.63, 3.8) is 0 Å². The number of hydrogen-bond acceptors (Lipinski definition) is 4. The second-order valence-electron chi connectivity index (χ2n) is 4.75. The van der Waals surface area contributed by atoms with E-state index in [1.165, 1.54) is 21.1 Å². The van der Waals surface area contributed by atoms with Crippen molar-refractivity contribution in [2.45, 2.75) is 6.92 Å². The van der Waals surface area contributed by atoms with Gasteiger partial charge in [-0.2, -0.15) is 0 Å². The number of carbonyl (C=O) groups excluding carboxylic acids is 2. The van der Waals surface area contributed by atoms with Crippen LogP contribution in [0.25, 0.3) is 0 Å². The Morgan fingerprint density at radius 2 is 1.61 bits per heavy atom. The maximum atomic E-state index is 12.5. The van der Waals surface area contributed by atoms with E-state index in [9.17, 15) is 9.59 Å². The van der Waals surface area contributed by atoms with Gasteiger partial charge < -0.3 is 20.1 Å². The molecule has 6 nitrogen and oxygen atoms in total. The van der Waals surface area contributed by atoms with Gasteiger partial charge in [-0.3, -0.25) is 9.59 Å². The lowest BCUT2D eigenvalue weighted by Gasteiger charge is -2.13. The summed E-state index contributed by atoms with van der Waals surface area (Å²) in [5.41, 5.74) is 1.42. The Kier molecular flexibility index (Phi) is 5.19. The maximum Gasteiger partial charge on any atom is 0.259 e. The number of benzene rings is 2. The molecule has 2 aromatic carbocycles. The van der Waals surface area contributed by atoms with E-state index in [1.54, 1.807) is 42.5 Å². The minimum atomic E-state index is -0.333. The highest BCUT2D eigenvalue weighted by Crippen LogP contribution is 2.29. The molecule has 0 fully saturated rings. The van der Waals surface area contributed by atoms with E-state index in [1.807, 2.05) is 0 Å². The summed E-state index contributed by atoms with van der Waals surface area (Å²) in [6.07, 6.45) is 0. The largest absolute Gasteiger partial charge is 0.496 e. The molecule has 0 aliphatic carbocycles. The second-order valence-corrected chi connectivity index (χ2v) is 4.75. The van der Waals surface area contributed by atoms with Gasteiger partial charge in [-0.15, -0.1) is 0 Å². The lowest BCUT2D eigenvalue weighted by Crippen LogP contribution is -2.14. The normalized spacial score (nSPS) is 9.87. The zero-order chi connectivity index (χ0) is 16.8. The van der Waals surface area contributed by atoms with Gasteiger partial charge in [0.15, 0.2) is 0 Å². The van der Waals surface area contributed by atoms with Gasteiger partial charge in [0, 0.05) is 12.6 Å². The van der Waals surface area contributed by atoms with Crippen LogP contribution in [0.3, 0.4) is 0 Å². The summed E-state index contributed by atoms with van der Waals surface area (Å²) >= 11 is 0. The van der Waals surface area contributed by atoms with E-state index in [0.29, 0.717) is 28.4 Å². The van der Waals surface area contributed by atoms with E-state index >= 15 is 0 Å². The van der Waals surface area contributed by atoms with Crippen molar-refractivity contribution in [3.8, 4) is 11.5 Å². The van der Waals surface area contributed by atoms with Gasteiger partial charge in [-0.25, -0.2) is 0 Å². The van der Waals surface area contributed by atoms with Crippen LogP contribution in [0.2, 0.25) is 0 Å². The molecule has 0 aliphatic rings. The molecule has 120 valence electrons. The summed E-state index contributed by atoms with van der Waals surface area (Å²) < 4.78 is 10.4. The van der Waals surface area contributed by atoms with Crippen molar-refractivity contribution in [1.82, 2.24) is 0 Å². The first-order valence-electron chi connectivity index (χ1n) is 6.95. The van der Waals surface area contributed by atoms with Crippen LogP contribution in [0, 0.1) is 0 Å². The van der Waals surface area contributed by atoms with Gasteiger partial charge >= 0.3 is 0 Å². The summed E-state index contributed by atoms with van der Waals surface area (Å²) in [6, 6.07) is 11.9. The van der Waals surface area contributed by atoms with Crippen molar-refractivity contribution < 1.29 is 19.1 Å². The molecular weight excluding hydrogens is 296 g/mol. The Balaban J connectivity index is 2.30. The third kappa shape index (κ3) is 4.00. The summed E-state index contributed by atoms with van der Waals surface area (Å²) in [4.78, 5) is 23.6. The Morgan fingerprint density at radius 3 is 2.26 bits per heavy atom. The second kappa shape index (κ2) is 7.31. The zero-order valence-corrected chi connectivity index (χ0v) is 13.2. The van der Waals surface area contributed by atoms with Crippen molar-refractivity contribution >= 4 is 23.2 Å². The molecular formula is C17H18N2O4. The Bertz CT molecular complexity index is 728. The van der Waals surface area contributed by atoms with Gasteiger partial charge in [0.2, 0.25) is 5.91 Å². The fourth-order valence-electron chi connectivity index (χ4n) is 2.11. The highest BCUT2D eigenvalue weighted by molar-refractivity contribution is 6.07. The van der Waals surface area contributed by atoms with Crippen LogP contribution in [0.15, 0.2) is 42.5 Å². The smallest absolute Gasteiger partial charge is 0.259 e.